The molecular formula is C13H16Cl2N2S. The van der Waals surface area contributed by atoms with E-state index in [0.29, 0.717) is 10.0 Å². The monoisotopic (exact) mass is 302 g/mol. The zero-order valence-electron chi connectivity index (χ0n) is 10.0. The first-order valence-corrected chi connectivity index (χ1v) is 7.21. The lowest BCUT2D eigenvalue weighted by Gasteiger charge is -2.35. The van der Waals surface area contributed by atoms with Crippen LogP contribution >= 0.6 is 35.4 Å². The van der Waals surface area contributed by atoms with Crippen LogP contribution in [0.1, 0.15) is 24.8 Å². The summed E-state index contributed by atoms with van der Waals surface area (Å²) < 4.78 is 0. The van der Waals surface area contributed by atoms with Crippen molar-refractivity contribution in [1.82, 2.24) is 4.90 Å². The van der Waals surface area contributed by atoms with Gasteiger partial charge in [0.15, 0.2) is 0 Å². The van der Waals surface area contributed by atoms with Gasteiger partial charge in [-0.1, -0.05) is 41.8 Å². The number of hydrogen-bond acceptors (Lipinski definition) is 2. The molecule has 1 saturated heterocycles. The fourth-order valence-electron chi connectivity index (χ4n) is 2.39. The van der Waals surface area contributed by atoms with Crippen molar-refractivity contribution >= 4 is 40.4 Å². The lowest BCUT2D eigenvalue weighted by molar-refractivity contribution is 0.184. The molecule has 1 aliphatic rings. The summed E-state index contributed by atoms with van der Waals surface area (Å²) in [5, 5.41) is 1.45. The van der Waals surface area contributed by atoms with Gasteiger partial charge in [-0.25, -0.2) is 0 Å². The Morgan fingerprint density at radius 2 is 2.17 bits per heavy atom. The second kappa shape index (κ2) is 6.20. The van der Waals surface area contributed by atoms with Crippen molar-refractivity contribution in [3.63, 3.8) is 0 Å². The van der Waals surface area contributed by atoms with E-state index in [1.165, 1.54) is 12.8 Å². The maximum atomic E-state index is 6.19. The Hall–Kier alpha value is -0.350. The van der Waals surface area contributed by atoms with Crippen LogP contribution in [0.25, 0.3) is 0 Å². The summed E-state index contributed by atoms with van der Waals surface area (Å²) in [6.45, 7) is 1.76. The number of nitrogens with two attached hydrogens (primary N) is 1. The first kappa shape index (κ1) is 14.1. The number of benzene rings is 1. The Balaban J connectivity index is 2.15. The molecule has 1 heterocycles. The first-order valence-electron chi connectivity index (χ1n) is 6.05. The Morgan fingerprint density at radius 3 is 2.89 bits per heavy atom. The lowest BCUT2D eigenvalue weighted by Crippen LogP contribution is -2.46. The lowest BCUT2D eigenvalue weighted by atomic mass is 10.0. The van der Waals surface area contributed by atoms with Gasteiger partial charge in [-0.05, 0) is 43.1 Å². The van der Waals surface area contributed by atoms with Crippen LogP contribution in [0.15, 0.2) is 18.2 Å². The number of rotatable bonds is 3. The summed E-state index contributed by atoms with van der Waals surface area (Å²) in [6.07, 6.45) is 3.40. The van der Waals surface area contributed by atoms with Gasteiger partial charge in [0.2, 0.25) is 0 Å². The van der Waals surface area contributed by atoms with E-state index in [4.69, 9.17) is 41.2 Å². The molecule has 98 valence electrons. The van der Waals surface area contributed by atoms with E-state index in [9.17, 15) is 0 Å². The summed E-state index contributed by atoms with van der Waals surface area (Å²) in [4.78, 5) is 2.87. The summed E-state index contributed by atoms with van der Waals surface area (Å²) in [5.41, 5.74) is 6.84. The average molecular weight is 303 g/mol. The molecule has 0 saturated carbocycles. The van der Waals surface area contributed by atoms with E-state index < -0.39 is 0 Å². The Kier molecular flexibility index (Phi) is 4.84. The zero-order chi connectivity index (χ0) is 13.1. The van der Waals surface area contributed by atoms with Gasteiger partial charge in [0, 0.05) is 16.6 Å². The zero-order valence-corrected chi connectivity index (χ0v) is 12.4. The quantitative estimate of drug-likeness (QED) is 0.865. The van der Waals surface area contributed by atoms with Crippen LogP contribution in [0, 0.1) is 0 Å². The highest BCUT2D eigenvalue weighted by molar-refractivity contribution is 7.80. The number of piperidine rings is 1. The maximum Gasteiger partial charge on any atom is 0.0902 e. The molecule has 1 atom stereocenters. The van der Waals surface area contributed by atoms with Gasteiger partial charge < -0.3 is 5.73 Å². The Morgan fingerprint density at radius 1 is 1.39 bits per heavy atom. The summed E-state index contributed by atoms with van der Waals surface area (Å²) >= 11 is 17.3. The van der Waals surface area contributed by atoms with Gasteiger partial charge in [-0.2, -0.15) is 0 Å². The standard InChI is InChI=1S/C13H16Cl2N2S/c14-10-4-5-11(15)9(7-10)8-17-6-2-1-3-12(17)13(16)18/h4-5,7,12H,1-3,6,8H2,(H2,16,18). The molecule has 0 radical (unpaired) electrons. The topological polar surface area (TPSA) is 29.3 Å². The molecule has 0 aliphatic carbocycles. The molecule has 1 unspecified atom stereocenters. The molecule has 0 aromatic heterocycles. The third kappa shape index (κ3) is 3.35. The average Bonchev–Trinajstić information content (AvgIpc) is 2.34. The van der Waals surface area contributed by atoms with E-state index in [1.807, 2.05) is 12.1 Å². The fourth-order valence-corrected chi connectivity index (χ4v) is 3.02. The van der Waals surface area contributed by atoms with E-state index >= 15 is 0 Å². The number of hydrogen-bond donors (Lipinski definition) is 1. The van der Waals surface area contributed by atoms with Gasteiger partial charge in [0.25, 0.3) is 0 Å². The second-order valence-corrected chi connectivity index (χ2v) is 5.94. The van der Waals surface area contributed by atoms with Crippen LogP contribution in [0.3, 0.4) is 0 Å². The molecule has 1 aliphatic heterocycles. The molecular weight excluding hydrogens is 287 g/mol. The minimum atomic E-state index is 0.184. The molecule has 1 fully saturated rings. The van der Waals surface area contributed by atoms with Crippen LogP contribution in [-0.2, 0) is 6.54 Å². The van der Waals surface area contributed by atoms with Crippen LogP contribution in [-0.4, -0.2) is 22.5 Å². The second-order valence-electron chi connectivity index (χ2n) is 4.62. The van der Waals surface area contributed by atoms with Crippen LogP contribution in [0.2, 0.25) is 10.0 Å². The first-order chi connectivity index (χ1) is 8.58. The van der Waals surface area contributed by atoms with Gasteiger partial charge in [-0.3, -0.25) is 4.90 Å². The minimum absolute atomic E-state index is 0.184. The van der Waals surface area contributed by atoms with Crippen molar-refractivity contribution in [1.29, 1.82) is 0 Å². The molecule has 0 amide bonds. The van der Waals surface area contributed by atoms with Crippen molar-refractivity contribution in [3.8, 4) is 0 Å². The minimum Gasteiger partial charge on any atom is -0.392 e. The number of likely N-dealkylation sites (tertiary alicyclic amines) is 1. The van der Waals surface area contributed by atoms with Crippen LogP contribution in [0.5, 0.6) is 0 Å². The highest BCUT2D eigenvalue weighted by Crippen LogP contribution is 2.25. The predicted octanol–water partition coefficient (Wildman–Crippen LogP) is 3.63. The normalized spacial score (nSPS) is 20.9. The summed E-state index contributed by atoms with van der Waals surface area (Å²) in [7, 11) is 0. The highest BCUT2D eigenvalue weighted by atomic mass is 35.5. The third-order valence-corrected chi connectivity index (χ3v) is 4.20. The van der Waals surface area contributed by atoms with Crippen molar-refractivity contribution in [2.24, 2.45) is 5.73 Å². The van der Waals surface area contributed by atoms with E-state index in [2.05, 4.69) is 4.90 Å². The molecule has 2 nitrogen and oxygen atoms in total. The van der Waals surface area contributed by atoms with Crippen molar-refractivity contribution < 1.29 is 0 Å². The molecule has 2 rings (SSSR count). The van der Waals surface area contributed by atoms with Crippen LogP contribution in [0.4, 0.5) is 0 Å². The molecule has 2 N–H and O–H groups in total. The summed E-state index contributed by atoms with van der Waals surface area (Å²) in [5.74, 6) is 0. The largest absolute Gasteiger partial charge is 0.392 e. The SMILES string of the molecule is NC(=S)C1CCCCN1Cc1cc(Cl)ccc1Cl. The van der Waals surface area contributed by atoms with Gasteiger partial charge in [0.1, 0.15) is 0 Å². The number of thiocarbonyl (C=S) groups is 1. The number of nitrogens with zero attached hydrogens (tertiary/aromatic N) is 1. The van der Waals surface area contributed by atoms with Crippen LogP contribution < -0.4 is 5.73 Å². The van der Waals surface area contributed by atoms with Gasteiger partial charge >= 0.3 is 0 Å². The van der Waals surface area contributed by atoms with Crippen molar-refractivity contribution in [3.05, 3.63) is 33.8 Å². The molecule has 0 spiro atoms. The molecule has 5 heteroatoms. The van der Waals surface area contributed by atoms with E-state index in [1.54, 1.807) is 6.07 Å². The van der Waals surface area contributed by atoms with Crippen molar-refractivity contribution in [2.75, 3.05) is 6.54 Å². The van der Waals surface area contributed by atoms with Gasteiger partial charge in [0.05, 0.1) is 11.0 Å². The molecule has 1 aromatic rings. The third-order valence-electron chi connectivity index (χ3n) is 3.32. The smallest absolute Gasteiger partial charge is 0.0902 e. The molecule has 1 aromatic carbocycles. The number of halogens is 2. The van der Waals surface area contributed by atoms with Gasteiger partial charge in [-0.15, -0.1) is 0 Å². The van der Waals surface area contributed by atoms with E-state index in [-0.39, 0.29) is 6.04 Å². The van der Waals surface area contributed by atoms with Crippen molar-refractivity contribution in [2.45, 2.75) is 31.8 Å². The Bertz CT molecular complexity index is 451. The maximum absolute atomic E-state index is 6.19. The molecule has 0 bridgehead atoms. The fraction of sp³-hybridized carbons (Fsp3) is 0.462. The van der Waals surface area contributed by atoms with E-state index in [0.717, 1.165) is 30.1 Å². The Labute approximate surface area is 123 Å². The highest BCUT2D eigenvalue weighted by Gasteiger charge is 2.25. The molecule has 18 heavy (non-hydrogen) atoms. The predicted molar refractivity (Wildman–Crippen MR) is 81.3 cm³/mol. The summed E-state index contributed by atoms with van der Waals surface area (Å²) in [6, 6.07) is 5.73.